The van der Waals surface area contributed by atoms with Crippen LogP contribution in [0, 0.1) is 5.82 Å². The number of nitrogen functional groups attached to an aromatic ring is 1. The summed E-state index contributed by atoms with van der Waals surface area (Å²) in [5, 5.41) is 3.91. The molecule has 2 aromatic rings. The van der Waals surface area contributed by atoms with Crippen LogP contribution in [-0.2, 0) is 0 Å². The van der Waals surface area contributed by atoms with Gasteiger partial charge in [0, 0.05) is 6.07 Å². The highest BCUT2D eigenvalue weighted by atomic mass is 35.5. The van der Waals surface area contributed by atoms with Gasteiger partial charge in [-0.15, -0.1) is 0 Å². The number of nitrogens with zero attached hydrogens (tertiary/aromatic N) is 1. The van der Waals surface area contributed by atoms with Crippen molar-refractivity contribution in [1.82, 2.24) is 5.16 Å². The van der Waals surface area contributed by atoms with E-state index in [-0.39, 0.29) is 22.9 Å². The molecule has 0 radical (unpaired) electrons. The fraction of sp³-hybridized carbons (Fsp3) is 0.100. The number of benzene rings is 1. The van der Waals surface area contributed by atoms with Crippen molar-refractivity contribution in [3.05, 3.63) is 29.0 Å². The van der Waals surface area contributed by atoms with Crippen molar-refractivity contribution < 1.29 is 13.7 Å². The molecule has 2 N–H and O–H groups in total. The molecule has 1 aromatic heterocycles. The maximum atomic E-state index is 13.7. The number of aromatic nitrogens is 1. The Balaban J connectivity index is 2.67. The standard InChI is InChI=1S/C10H8ClFN2O2/c1-15-10-5(11)2-3-6(12)9(10)7-4-8(13)16-14-7/h2-4H,13H2,1H3. The average molecular weight is 243 g/mol. The van der Waals surface area contributed by atoms with Crippen LogP contribution in [0.4, 0.5) is 10.3 Å². The van der Waals surface area contributed by atoms with Crippen LogP contribution in [-0.4, -0.2) is 12.3 Å². The van der Waals surface area contributed by atoms with Crippen LogP contribution >= 0.6 is 11.6 Å². The van der Waals surface area contributed by atoms with Gasteiger partial charge >= 0.3 is 0 Å². The number of halogens is 2. The zero-order valence-electron chi connectivity index (χ0n) is 8.33. The smallest absolute Gasteiger partial charge is 0.222 e. The van der Waals surface area contributed by atoms with Crippen molar-refractivity contribution in [3.63, 3.8) is 0 Å². The van der Waals surface area contributed by atoms with Crippen molar-refractivity contribution in [2.45, 2.75) is 0 Å². The van der Waals surface area contributed by atoms with Crippen LogP contribution in [0.3, 0.4) is 0 Å². The summed E-state index contributed by atoms with van der Waals surface area (Å²) in [6.45, 7) is 0. The number of rotatable bonds is 2. The lowest BCUT2D eigenvalue weighted by atomic mass is 10.1. The molecule has 0 unspecified atom stereocenters. The van der Waals surface area contributed by atoms with Crippen LogP contribution in [0.2, 0.25) is 5.02 Å². The molecule has 16 heavy (non-hydrogen) atoms. The summed E-state index contributed by atoms with van der Waals surface area (Å²) in [5.74, 6) is -0.207. The number of nitrogens with two attached hydrogens (primary N) is 1. The molecule has 1 aromatic carbocycles. The van der Waals surface area contributed by atoms with Crippen molar-refractivity contribution >= 4 is 17.5 Å². The second-order valence-corrected chi connectivity index (χ2v) is 3.46. The third kappa shape index (κ3) is 1.69. The molecule has 0 spiro atoms. The summed E-state index contributed by atoms with van der Waals surface area (Å²) in [6, 6.07) is 4.03. The van der Waals surface area contributed by atoms with E-state index in [0.29, 0.717) is 5.02 Å². The highest BCUT2D eigenvalue weighted by Gasteiger charge is 2.18. The lowest BCUT2D eigenvalue weighted by molar-refractivity contribution is 0.411. The van der Waals surface area contributed by atoms with Crippen LogP contribution in [0.1, 0.15) is 0 Å². The molecule has 0 saturated heterocycles. The minimum absolute atomic E-state index is 0.0939. The normalized spacial score (nSPS) is 10.4. The average Bonchev–Trinajstić information content (AvgIpc) is 2.67. The van der Waals surface area contributed by atoms with Gasteiger partial charge in [0.15, 0.2) is 0 Å². The largest absolute Gasteiger partial charge is 0.494 e. The molecular formula is C10H8ClFN2O2. The van der Waals surface area contributed by atoms with Gasteiger partial charge in [-0.25, -0.2) is 4.39 Å². The monoisotopic (exact) mass is 242 g/mol. The molecule has 84 valence electrons. The minimum Gasteiger partial charge on any atom is -0.494 e. The van der Waals surface area contributed by atoms with Gasteiger partial charge in [0.25, 0.3) is 0 Å². The van der Waals surface area contributed by atoms with E-state index in [1.807, 2.05) is 0 Å². The third-order valence-electron chi connectivity index (χ3n) is 2.05. The van der Waals surface area contributed by atoms with E-state index >= 15 is 0 Å². The Morgan fingerprint density at radius 3 is 2.81 bits per heavy atom. The Labute approximate surface area is 95.7 Å². The first-order valence-corrected chi connectivity index (χ1v) is 4.76. The van der Waals surface area contributed by atoms with Crippen LogP contribution in [0.25, 0.3) is 11.3 Å². The van der Waals surface area contributed by atoms with Gasteiger partial charge in [-0.1, -0.05) is 16.8 Å². The summed E-state index contributed by atoms with van der Waals surface area (Å²) < 4.78 is 23.4. The fourth-order valence-corrected chi connectivity index (χ4v) is 1.61. The number of methoxy groups -OCH3 is 1. The zero-order valence-corrected chi connectivity index (χ0v) is 9.08. The van der Waals surface area contributed by atoms with Gasteiger partial charge < -0.3 is 15.0 Å². The summed E-state index contributed by atoms with van der Waals surface area (Å²) in [5.41, 5.74) is 5.75. The van der Waals surface area contributed by atoms with E-state index in [9.17, 15) is 4.39 Å². The number of hydrogen-bond acceptors (Lipinski definition) is 4. The maximum absolute atomic E-state index is 13.7. The number of anilines is 1. The Bertz CT molecular complexity index is 528. The van der Waals surface area contributed by atoms with E-state index in [0.717, 1.165) is 0 Å². The molecular weight excluding hydrogens is 235 g/mol. The molecule has 4 nitrogen and oxygen atoms in total. The molecule has 0 bridgehead atoms. The van der Waals surface area contributed by atoms with Gasteiger partial charge in [-0.2, -0.15) is 0 Å². The van der Waals surface area contributed by atoms with Gasteiger partial charge in [0.1, 0.15) is 17.3 Å². The molecule has 0 aliphatic heterocycles. The fourth-order valence-electron chi connectivity index (χ4n) is 1.38. The molecule has 2 rings (SSSR count). The highest BCUT2D eigenvalue weighted by Crippen LogP contribution is 2.37. The van der Waals surface area contributed by atoms with Crippen molar-refractivity contribution in [2.24, 2.45) is 0 Å². The van der Waals surface area contributed by atoms with Gasteiger partial charge in [-0.3, -0.25) is 0 Å². The highest BCUT2D eigenvalue weighted by molar-refractivity contribution is 6.32. The minimum atomic E-state index is -0.505. The van der Waals surface area contributed by atoms with Gasteiger partial charge in [-0.05, 0) is 12.1 Å². The summed E-state index contributed by atoms with van der Waals surface area (Å²) in [6.07, 6.45) is 0. The summed E-state index contributed by atoms with van der Waals surface area (Å²) >= 11 is 5.88. The molecule has 0 amide bonds. The first kappa shape index (κ1) is 10.8. The predicted octanol–water partition coefficient (Wildman–Crippen LogP) is 2.72. The van der Waals surface area contributed by atoms with E-state index in [1.54, 1.807) is 0 Å². The Kier molecular flexibility index (Phi) is 2.70. The molecule has 6 heteroatoms. The molecule has 0 atom stereocenters. The third-order valence-corrected chi connectivity index (χ3v) is 2.35. The molecule has 0 saturated carbocycles. The van der Waals surface area contributed by atoms with Crippen LogP contribution in [0.5, 0.6) is 5.75 Å². The molecule has 0 fully saturated rings. The van der Waals surface area contributed by atoms with Crippen molar-refractivity contribution in [2.75, 3.05) is 12.8 Å². The topological polar surface area (TPSA) is 61.3 Å². The Morgan fingerprint density at radius 2 is 2.25 bits per heavy atom. The Hall–Kier alpha value is -1.75. The van der Waals surface area contributed by atoms with Crippen LogP contribution < -0.4 is 10.5 Å². The lowest BCUT2D eigenvalue weighted by Gasteiger charge is -2.08. The number of hydrogen-bond donors (Lipinski definition) is 1. The summed E-state index contributed by atoms with van der Waals surface area (Å²) in [7, 11) is 1.40. The molecule has 1 heterocycles. The quantitative estimate of drug-likeness (QED) is 0.880. The second-order valence-electron chi connectivity index (χ2n) is 3.05. The molecule has 0 aliphatic rings. The Morgan fingerprint density at radius 1 is 1.50 bits per heavy atom. The van der Waals surface area contributed by atoms with Crippen molar-refractivity contribution in [3.8, 4) is 17.0 Å². The summed E-state index contributed by atoms with van der Waals surface area (Å²) in [4.78, 5) is 0. The molecule has 0 aliphatic carbocycles. The first-order valence-electron chi connectivity index (χ1n) is 4.38. The van der Waals surface area contributed by atoms with Crippen molar-refractivity contribution in [1.29, 1.82) is 0 Å². The predicted molar refractivity (Wildman–Crippen MR) is 57.9 cm³/mol. The SMILES string of the molecule is COc1c(Cl)ccc(F)c1-c1cc(N)on1. The van der Waals surface area contributed by atoms with E-state index in [2.05, 4.69) is 9.68 Å². The lowest BCUT2D eigenvalue weighted by Crippen LogP contribution is -1.93. The van der Waals surface area contributed by atoms with E-state index < -0.39 is 5.82 Å². The second kappa shape index (κ2) is 4.02. The number of ether oxygens (including phenoxy) is 1. The van der Waals surface area contributed by atoms with E-state index in [1.165, 1.54) is 25.3 Å². The van der Waals surface area contributed by atoms with Gasteiger partial charge in [0.05, 0.1) is 17.7 Å². The van der Waals surface area contributed by atoms with Crippen LogP contribution in [0.15, 0.2) is 22.7 Å². The van der Waals surface area contributed by atoms with E-state index in [4.69, 9.17) is 22.1 Å². The zero-order chi connectivity index (χ0) is 11.7. The first-order chi connectivity index (χ1) is 7.63. The van der Waals surface area contributed by atoms with Gasteiger partial charge in [0.2, 0.25) is 5.88 Å². The maximum Gasteiger partial charge on any atom is 0.222 e.